The molecule has 20 heavy (non-hydrogen) atoms. The van der Waals surface area contributed by atoms with Gasteiger partial charge in [-0.15, -0.1) is 0 Å². The molecule has 2 rings (SSSR count). The summed E-state index contributed by atoms with van der Waals surface area (Å²) in [7, 11) is 0. The SMILES string of the molecule is CC(=O)N1CCCN(C(CN)c2cccc(F)c2)CC1. The molecule has 1 fully saturated rings. The van der Waals surface area contributed by atoms with Crippen molar-refractivity contribution in [3.8, 4) is 0 Å². The second-order valence-corrected chi connectivity index (χ2v) is 5.20. The van der Waals surface area contributed by atoms with Gasteiger partial charge in [0.25, 0.3) is 0 Å². The van der Waals surface area contributed by atoms with Crippen molar-refractivity contribution in [3.63, 3.8) is 0 Å². The molecule has 4 nitrogen and oxygen atoms in total. The third-order valence-electron chi connectivity index (χ3n) is 3.87. The van der Waals surface area contributed by atoms with Crippen LogP contribution in [0.2, 0.25) is 0 Å². The Hall–Kier alpha value is -1.46. The van der Waals surface area contributed by atoms with Crippen LogP contribution in [-0.2, 0) is 4.79 Å². The Labute approximate surface area is 119 Å². The highest BCUT2D eigenvalue weighted by Gasteiger charge is 2.23. The van der Waals surface area contributed by atoms with E-state index in [0.29, 0.717) is 13.1 Å². The van der Waals surface area contributed by atoms with Crippen molar-refractivity contribution in [1.82, 2.24) is 9.80 Å². The van der Waals surface area contributed by atoms with Crippen molar-refractivity contribution in [2.75, 3.05) is 32.7 Å². The molecule has 0 bridgehead atoms. The Morgan fingerprint density at radius 2 is 2.15 bits per heavy atom. The number of hydrogen-bond donors (Lipinski definition) is 1. The van der Waals surface area contributed by atoms with Gasteiger partial charge in [0.1, 0.15) is 5.82 Å². The number of hydrogen-bond acceptors (Lipinski definition) is 3. The lowest BCUT2D eigenvalue weighted by Gasteiger charge is -2.30. The zero-order chi connectivity index (χ0) is 14.5. The Morgan fingerprint density at radius 3 is 2.80 bits per heavy atom. The van der Waals surface area contributed by atoms with Crippen molar-refractivity contribution in [2.45, 2.75) is 19.4 Å². The zero-order valence-corrected chi connectivity index (χ0v) is 11.9. The minimum Gasteiger partial charge on any atom is -0.342 e. The van der Waals surface area contributed by atoms with Crippen molar-refractivity contribution in [2.24, 2.45) is 5.73 Å². The molecule has 0 spiro atoms. The van der Waals surface area contributed by atoms with Crippen LogP contribution in [0.3, 0.4) is 0 Å². The molecule has 1 aliphatic heterocycles. The predicted octanol–water partition coefficient (Wildman–Crippen LogP) is 1.38. The number of nitrogens with zero attached hydrogens (tertiary/aromatic N) is 2. The summed E-state index contributed by atoms with van der Waals surface area (Å²) in [4.78, 5) is 15.6. The highest BCUT2D eigenvalue weighted by atomic mass is 19.1. The molecule has 1 unspecified atom stereocenters. The fourth-order valence-corrected chi connectivity index (χ4v) is 2.77. The van der Waals surface area contributed by atoms with Gasteiger partial charge in [0.2, 0.25) is 5.91 Å². The standard InChI is InChI=1S/C15H22FN3O/c1-12(20)18-6-3-7-19(9-8-18)15(11-17)13-4-2-5-14(16)10-13/h2,4-5,10,15H,3,6-9,11,17H2,1H3. The molecule has 0 saturated carbocycles. The normalized spacial score (nSPS) is 18.6. The summed E-state index contributed by atoms with van der Waals surface area (Å²) in [6, 6.07) is 6.63. The number of nitrogens with two attached hydrogens (primary N) is 1. The van der Waals surface area contributed by atoms with Crippen LogP contribution in [0.4, 0.5) is 4.39 Å². The van der Waals surface area contributed by atoms with Gasteiger partial charge in [-0.2, -0.15) is 0 Å². The molecule has 1 amide bonds. The first-order valence-electron chi connectivity index (χ1n) is 7.07. The smallest absolute Gasteiger partial charge is 0.219 e. The summed E-state index contributed by atoms with van der Waals surface area (Å²) in [5.74, 6) is -0.122. The minimum absolute atomic E-state index is 0.0117. The van der Waals surface area contributed by atoms with Gasteiger partial charge in [0.15, 0.2) is 0 Å². The van der Waals surface area contributed by atoms with E-state index in [1.807, 2.05) is 11.0 Å². The van der Waals surface area contributed by atoms with Crippen LogP contribution in [0, 0.1) is 5.82 Å². The van der Waals surface area contributed by atoms with Crippen molar-refractivity contribution in [3.05, 3.63) is 35.6 Å². The highest BCUT2D eigenvalue weighted by Crippen LogP contribution is 2.22. The van der Waals surface area contributed by atoms with Crippen LogP contribution in [0.15, 0.2) is 24.3 Å². The van der Waals surface area contributed by atoms with E-state index >= 15 is 0 Å². The Morgan fingerprint density at radius 1 is 1.35 bits per heavy atom. The molecule has 1 heterocycles. The first kappa shape index (κ1) is 14.9. The van der Waals surface area contributed by atoms with E-state index in [1.54, 1.807) is 19.1 Å². The lowest BCUT2D eigenvalue weighted by molar-refractivity contribution is -0.128. The lowest BCUT2D eigenvalue weighted by atomic mass is 10.0. The summed E-state index contributed by atoms with van der Waals surface area (Å²) in [5.41, 5.74) is 6.79. The van der Waals surface area contributed by atoms with Crippen LogP contribution >= 0.6 is 0 Å². The van der Waals surface area contributed by atoms with Crippen LogP contribution in [-0.4, -0.2) is 48.4 Å². The van der Waals surface area contributed by atoms with E-state index in [-0.39, 0.29) is 17.8 Å². The maximum Gasteiger partial charge on any atom is 0.219 e. The van der Waals surface area contributed by atoms with E-state index in [1.165, 1.54) is 6.07 Å². The van der Waals surface area contributed by atoms with Crippen LogP contribution in [0.25, 0.3) is 0 Å². The lowest BCUT2D eigenvalue weighted by Crippen LogP contribution is -2.37. The highest BCUT2D eigenvalue weighted by molar-refractivity contribution is 5.73. The molecule has 1 atom stereocenters. The van der Waals surface area contributed by atoms with E-state index in [2.05, 4.69) is 4.90 Å². The maximum absolute atomic E-state index is 13.4. The van der Waals surface area contributed by atoms with Crippen molar-refractivity contribution in [1.29, 1.82) is 0 Å². The largest absolute Gasteiger partial charge is 0.342 e. The van der Waals surface area contributed by atoms with Gasteiger partial charge in [-0.1, -0.05) is 12.1 Å². The van der Waals surface area contributed by atoms with Gasteiger partial charge in [0.05, 0.1) is 0 Å². The molecule has 5 heteroatoms. The molecule has 2 N–H and O–H groups in total. The second kappa shape index (κ2) is 6.81. The summed E-state index contributed by atoms with van der Waals surface area (Å²) in [6.07, 6.45) is 0.922. The van der Waals surface area contributed by atoms with E-state index in [0.717, 1.165) is 31.6 Å². The molecule has 0 aliphatic carbocycles. The Bertz CT molecular complexity index is 466. The average molecular weight is 279 g/mol. The van der Waals surface area contributed by atoms with Crippen LogP contribution in [0.5, 0.6) is 0 Å². The van der Waals surface area contributed by atoms with Crippen LogP contribution < -0.4 is 5.73 Å². The third kappa shape index (κ3) is 3.55. The molecule has 110 valence electrons. The van der Waals surface area contributed by atoms with E-state index < -0.39 is 0 Å². The van der Waals surface area contributed by atoms with Gasteiger partial charge in [0, 0.05) is 45.7 Å². The summed E-state index contributed by atoms with van der Waals surface area (Å²) in [6.45, 7) is 5.19. The Balaban J connectivity index is 2.10. The molecule has 1 aliphatic rings. The Kier molecular flexibility index (Phi) is 5.09. The molecular formula is C15H22FN3O. The fraction of sp³-hybridized carbons (Fsp3) is 0.533. The average Bonchev–Trinajstić information content (AvgIpc) is 2.66. The molecular weight excluding hydrogens is 257 g/mol. The van der Waals surface area contributed by atoms with Gasteiger partial charge < -0.3 is 10.6 Å². The van der Waals surface area contributed by atoms with Gasteiger partial charge in [-0.05, 0) is 24.1 Å². The van der Waals surface area contributed by atoms with Crippen molar-refractivity contribution >= 4 is 5.91 Å². The molecule has 1 saturated heterocycles. The number of amides is 1. The maximum atomic E-state index is 13.4. The van der Waals surface area contributed by atoms with E-state index in [9.17, 15) is 9.18 Å². The topological polar surface area (TPSA) is 49.6 Å². The second-order valence-electron chi connectivity index (χ2n) is 5.20. The van der Waals surface area contributed by atoms with Crippen LogP contribution in [0.1, 0.15) is 24.9 Å². The first-order chi connectivity index (χ1) is 9.61. The fourth-order valence-electron chi connectivity index (χ4n) is 2.77. The number of carbonyl (C=O) groups excluding carboxylic acids is 1. The van der Waals surface area contributed by atoms with Gasteiger partial charge in [-0.25, -0.2) is 4.39 Å². The predicted molar refractivity (Wildman–Crippen MR) is 76.6 cm³/mol. The van der Waals surface area contributed by atoms with E-state index in [4.69, 9.17) is 5.73 Å². The van der Waals surface area contributed by atoms with Gasteiger partial charge >= 0.3 is 0 Å². The van der Waals surface area contributed by atoms with Gasteiger partial charge in [-0.3, -0.25) is 9.69 Å². The number of rotatable bonds is 3. The molecule has 1 aromatic rings. The third-order valence-corrected chi connectivity index (χ3v) is 3.87. The van der Waals surface area contributed by atoms with Crippen molar-refractivity contribution < 1.29 is 9.18 Å². The first-order valence-corrected chi connectivity index (χ1v) is 7.07. The number of benzene rings is 1. The monoisotopic (exact) mass is 279 g/mol. The summed E-state index contributed by atoms with van der Waals surface area (Å²) in [5, 5.41) is 0. The minimum atomic E-state index is -0.235. The summed E-state index contributed by atoms with van der Waals surface area (Å²) < 4.78 is 13.4. The number of carbonyl (C=O) groups is 1. The number of halogens is 1. The molecule has 0 aromatic heterocycles. The summed E-state index contributed by atoms with van der Waals surface area (Å²) >= 11 is 0. The molecule has 1 aromatic carbocycles. The quantitative estimate of drug-likeness (QED) is 0.909. The molecule has 0 radical (unpaired) electrons. The zero-order valence-electron chi connectivity index (χ0n) is 11.9.